The van der Waals surface area contributed by atoms with E-state index in [1.54, 1.807) is 23.7 Å². The number of para-hydroxylation sites is 1. The number of hydrogen-bond donors (Lipinski definition) is 2. The van der Waals surface area contributed by atoms with Crippen molar-refractivity contribution in [2.75, 3.05) is 0 Å². The van der Waals surface area contributed by atoms with Crippen LogP contribution in [0.1, 0.15) is 21.6 Å². The van der Waals surface area contributed by atoms with Crippen LogP contribution in [0.15, 0.2) is 65.5 Å². The summed E-state index contributed by atoms with van der Waals surface area (Å²) in [5, 5.41) is 7.86. The van der Waals surface area contributed by atoms with E-state index in [1.807, 2.05) is 30.3 Å². The number of aromatic nitrogens is 3. The van der Waals surface area contributed by atoms with Gasteiger partial charge in [-0.3, -0.25) is 9.59 Å². The van der Waals surface area contributed by atoms with E-state index in [4.69, 9.17) is 0 Å². The molecule has 0 fully saturated rings. The van der Waals surface area contributed by atoms with E-state index in [-0.39, 0.29) is 17.9 Å². The molecular formula is C21H17FN4O2. The molecule has 4 rings (SSSR count). The molecule has 0 radical (unpaired) electrons. The van der Waals surface area contributed by atoms with Gasteiger partial charge in [0.05, 0.1) is 22.3 Å². The van der Waals surface area contributed by atoms with Crippen molar-refractivity contribution in [1.82, 2.24) is 20.1 Å². The Balaban J connectivity index is 1.73. The molecular weight excluding hydrogens is 359 g/mol. The molecule has 0 saturated carbocycles. The van der Waals surface area contributed by atoms with E-state index in [0.717, 1.165) is 11.3 Å². The third-order valence-electron chi connectivity index (χ3n) is 4.46. The van der Waals surface area contributed by atoms with Gasteiger partial charge in [-0.25, -0.2) is 9.07 Å². The first-order chi connectivity index (χ1) is 13.5. The first kappa shape index (κ1) is 17.7. The lowest BCUT2D eigenvalue weighted by atomic mass is 10.1. The fourth-order valence-electron chi connectivity index (χ4n) is 3.14. The maximum Gasteiger partial charge on any atom is 0.252 e. The van der Waals surface area contributed by atoms with Crippen molar-refractivity contribution in [1.29, 1.82) is 0 Å². The minimum absolute atomic E-state index is 0.222. The normalized spacial score (nSPS) is 10.9. The molecule has 0 aliphatic carbocycles. The topological polar surface area (TPSA) is 79.8 Å². The summed E-state index contributed by atoms with van der Waals surface area (Å²) in [6.45, 7) is 2.01. The van der Waals surface area contributed by atoms with Crippen molar-refractivity contribution in [3.05, 3.63) is 93.7 Å². The molecule has 0 aliphatic heterocycles. The largest absolute Gasteiger partial charge is 0.348 e. The second-order valence-electron chi connectivity index (χ2n) is 6.41. The predicted molar refractivity (Wildman–Crippen MR) is 104 cm³/mol. The zero-order chi connectivity index (χ0) is 19.7. The van der Waals surface area contributed by atoms with E-state index < -0.39 is 11.5 Å². The van der Waals surface area contributed by atoms with E-state index in [1.165, 1.54) is 18.2 Å². The fraction of sp³-hybridized carbons (Fsp3) is 0.0952. The molecule has 0 saturated heterocycles. The number of hydrogen-bond acceptors (Lipinski definition) is 3. The molecule has 0 atom stereocenters. The van der Waals surface area contributed by atoms with Gasteiger partial charge in [-0.1, -0.05) is 30.3 Å². The Kier molecular flexibility index (Phi) is 4.49. The summed E-state index contributed by atoms with van der Waals surface area (Å²) in [6, 6.07) is 16.5. The minimum Gasteiger partial charge on any atom is -0.348 e. The number of pyridine rings is 1. The molecule has 2 N–H and O–H groups in total. The van der Waals surface area contributed by atoms with Crippen LogP contribution >= 0.6 is 0 Å². The highest BCUT2D eigenvalue weighted by Crippen LogP contribution is 2.22. The van der Waals surface area contributed by atoms with Crippen molar-refractivity contribution in [2.45, 2.75) is 13.5 Å². The maximum atomic E-state index is 13.0. The van der Waals surface area contributed by atoms with Gasteiger partial charge in [-0.05, 0) is 36.8 Å². The molecule has 0 spiro atoms. The van der Waals surface area contributed by atoms with E-state index in [2.05, 4.69) is 15.4 Å². The molecule has 0 unspecified atom stereocenters. The first-order valence-corrected chi connectivity index (χ1v) is 8.73. The van der Waals surface area contributed by atoms with Gasteiger partial charge >= 0.3 is 0 Å². The number of fused-ring (bicyclic) bond motifs is 1. The summed E-state index contributed by atoms with van der Waals surface area (Å²) in [4.78, 5) is 27.7. The lowest BCUT2D eigenvalue weighted by Crippen LogP contribution is -2.25. The molecule has 140 valence electrons. The maximum absolute atomic E-state index is 13.0. The van der Waals surface area contributed by atoms with Crippen LogP contribution in [0.4, 0.5) is 4.39 Å². The summed E-state index contributed by atoms with van der Waals surface area (Å²) < 4.78 is 14.6. The predicted octanol–water partition coefficient (Wildman–Crippen LogP) is 3.09. The van der Waals surface area contributed by atoms with Crippen LogP contribution in [0.25, 0.3) is 16.7 Å². The number of carbonyl (C=O) groups excluding carboxylic acids is 1. The number of amides is 1. The Hall–Kier alpha value is -3.74. The second-order valence-corrected chi connectivity index (χ2v) is 6.41. The number of carbonyl (C=O) groups is 1. The highest BCUT2D eigenvalue weighted by atomic mass is 19.1. The Labute approximate surface area is 159 Å². The molecule has 6 nitrogen and oxygen atoms in total. The summed E-state index contributed by atoms with van der Waals surface area (Å²) >= 11 is 0. The van der Waals surface area contributed by atoms with Crippen molar-refractivity contribution in [2.24, 2.45) is 0 Å². The van der Waals surface area contributed by atoms with Gasteiger partial charge in [0.15, 0.2) is 0 Å². The van der Waals surface area contributed by atoms with Crippen LogP contribution in [0.5, 0.6) is 0 Å². The molecule has 7 heteroatoms. The molecule has 2 aromatic carbocycles. The van der Waals surface area contributed by atoms with Crippen LogP contribution in [0.3, 0.4) is 0 Å². The van der Waals surface area contributed by atoms with Crippen LogP contribution in [0.2, 0.25) is 0 Å². The zero-order valence-corrected chi connectivity index (χ0v) is 15.1. The van der Waals surface area contributed by atoms with E-state index in [0.29, 0.717) is 16.7 Å². The average Bonchev–Trinajstić information content (AvgIpc) is 3.03. The monoisotopic (exact) mass is 376 g/mol. The van der Waals surface area contributed by atoms with E-state index in [9.17, 15) is 14.0 Å². The van der Waals surface area contributed by atoms with Crippen molar-refractivity contribution in [3.8, 4) is 5.69 Å². The van der Waals surface area contributed by atoms with E-state index >= 15 is 0 Å². The average molecular weight is 376 g/mol. The highest BCUT2D eigenvalue weighted by molar-refractivity contribution is 6.06. The number of benzene rings is 2. The fourth-order valence-corrected chi connectivity index (χ4v) is 3.14. The van der Waals surface area contributed by atoms with Crippen LogP contribution in [-0.4, -0.2) is 20.7 Å². The van der Waals surface area contributed by atoms with Crippen LogP contribution in [-0.2, 0) is 6.54 Å². The summed E-state index contributed by atoms with van der Waals surface area (Å²) in [5.41, 5.74) is 2.48. The molecule has 2 heterocycles. The van der Waals surface area contributed by atoms with Crippen molar-refractivity contribution >= 4 is 16.9 Å². The van der Waals surface area contributed by atoms with Gasteiger partial charge in [-0.2, -0.15) is 5.10 Å². The molecule has 0 aliphatic rings. The number of H-pyrrole nitrogens is 1. The third kappa shape index (κ3) is 3.29. The number of aromatic amines is 1. The molecule has 0 bridgehead atoms. The Morgan fingerprint density at radius 1 is 1.14 bits per heavy atom. The molecule has 1 amide bonds. The summed E-state index contributed by atoms with van der Waals surface area (Å²) in [6.07, 6.45) is 0. The first-order valence-electron chi connectivity index (χ1n) is 8.73. The molecule has 28 heavy (non-hydrogen) atoms. The Morgan fingerprint density at radius 2 is 1.86 bits per heavy atom. The van der Waals surface area contributed by atoms with Crippen LogP contribution < -0.4 is 10.9 Å². The standard InChI is InChI=1S/C21H17FN4O2/c1-13-19-17(21(28)23-12-14-7-9-15(22)10-8-14)11-18(27)24-20(19)26(25-13)16-5-3-2-4-6-16/h2-11H,12H2,1H3,(H,23,28)(H,24,27). The Bertz CT molecular complexity index is 1210. The molecule has 4 aromatic rings. The third-order valence-corrected chi connectivity index (χ3v) is 4.46. The van der Waals surface area contributed by atoms with Gasteiger partial charge in [-0.15, -0.1) is 0 Å². The second kappa shape index (κ2) is 7.11. The van der Waals surface area contributed by atoms with Gasteiger partial charge in [0.25, 0.3) is 5.91 Å². The van der Waals surface area contributed by atoms with Gasteiger partial charge in [0.1, 0.15) is 11.5 Å². The minimum atomic E-state index is -0.392. The van der Waals surface area contributed by atoms with Gasteiger partial charge < -0.3 is 10.3 Å². The quantitative estimate of drug-likeness (QED) is 0.574. The number of nitrogens with zero attached hydrogens (tertiary/aromatic N) is 2. The summed E-state index contributed by atoms with van der Waals surface area (Å²) in [7, 11) is 0. The Morgan fingerprint density at radius 3 is 2.57 bits per heavy atom. The van der Waals surface area contributed by atoms with Crippen molar-refractivity contribution < 1.29 is 9.18 Å². The lowest BCUT2D eigenvalue weighted by Gasteiger charge is -2.07. The summed E-state index contributed by atoms with van der Waals surface area (Å²) in [5.74, 6) is -0.730. The van der Waals surface area contributed by atoms with Crippen molar-refractivity contribution in [3.63, 3.8) is 0 Å². The van der Waals surface area contributed by atoms with Gasteiger partial charge in [0, 0.05) is 12.6 Å². The SMILES string of the molecule is Cc1nn(-c2ccccc2)c2[nH]c(=O)cc(C(=O)NCc3ccc(F)cc3)c12. The van der Waals surface area contributed by atoms with Crippen LogP contribution in [0, 0.1) is 12.7 Å². The number of nitrogens with one attached hydrogen (secondary N) is 2. The smallest absolute Gasteiger partial charge is 0.252 e. The number of halogens is 1. The number of rotatable bonds is 4. The highest BCUT2D eigenvalue weighted by Gasteiger charge is 2.19. The number of aryl methyl sites for hydroxylation is 1. The molecule has 2 aromatic heterocycles. The van der Waals surface area contributed by atoms with Gasteiger partial charge in [0.2, 0.25) is 5.56 Å². The lowest BCUT2D eigenvalue weighted by molar-refractivity contribution is 0.0952. The zero-order valence-electron chi connectivity index (χ0n) is 15.1.